The maximum atomic E-state index is 11.5. The average molecular weight is 290 g/mol. The minimum Gasteiger partial charge on any atom is -0.308 e. The molecule has 0 aliphatic carbocycles. The lowest BCUT2D eigenvalue weighted by atomic mass is 9.83. The van der Waals surface area contributed by atoms with Crippen molar-refractivity contribution in [2.75, 3.05) is 31.6 Å². The third kappa shape index (κ3) is 4.17. The van der Waals surface area contributed by atoms with E-state index in [2.05, 4.69) is 37.9 Å². The Hall–Kier alpha value is -0.130. The minimum absolute atomic E-state index is 0.103. The molecule has 1 heterocycles. The molecule has 1 N–H and O–H groups in total. The zero-order valence-electron chi connectivity index (χ0n) is 13.1. The monoisotopic (exact) mass is 290 g/mol. The number of sulfone groups is 1. The van der Waals surface area contributed by atoms with E-state index in [-0.39, 0.29) is 16.8 Å². The Balaban J connectivity index is 2.88. The summed E-state index contributed by atoms with van der Waals surface area (Å²) in [6.45, 7) is 11.4. The fourth-order valence-electron chi connectivity index (χ4n) is 2.91. The Kier molecular flexibility index (Phi) is 5.43. The highest BCUT2D eigenvalue weighted by Gasteiger charge is 2.42. The Labute approximate surface area is 118 Å². The largest absolute Gasteiger partial charge is 0.308 e. The molecular weight excluding hydrogens is 260 g/mol. The van der Waals surface area contributed by atoms with Crippen LogP contribution in [0.2, 0.25) is 0 Å². The number of piperazine rings is 1. The summed E-state index contributed by atoms with van der Waals surface area (Å²) in [7, 11) is -2.90. The first-order valence-corrected chi connectivity index (χ1v) is 9.44. The van der Waals surface area contributed by atoms with Crippen LogP contribution in [0, 0.1) is 0 Å². The van der Waals surface area contributed by atoms with Gasteiger partial charge in [0.2, 0.25) is 0 Å². The van der Waals surface area contributed by atoms with E-state index in [1.54, 1.807) is 0 Å². The SMILES string of the molecule is CCC1(C)CN(CCS(C)(=O)=O)C(CC)(CC)CN1. The van der Waals surface area contributed by atoms with Crippen LogP contribution in [-0.4, -0.2) is 56.0 Å². The van der Waals surface area contributed by atoms with E-state index in [4.69, 9.17) is 0 Å². The first-order valence-electron chi connectivity index (χ1n) is 7.38. The highest BCUT2D eigenvalue weighted by Crippen LogP contribution is 2.31. The van der Waals surface area contributed by atoms with Gasteiger partial charge in [0.25, 0.3) is 0 Å². The van der Waals surface area contributed by atoms with E-state index in [0.29, 0.717) is 6.54 Å². The van der Waals surface area contributed by atoms with E-state index in [9.17, 15) is 8.42 Å². The van der Waals surface area contributed by atoms with Crippen LogP contribution in [-0.2, 0) is 9.84 Å². The first-order chi connectivity index (χ1) is 8.70. The molecular formula is C14H30N2O2S. The van der Waals surface area contributed by atoms with Crippen molar-refractivity contribution in [1.82, 2.24) is 10.2 Å². The standard InChI is InChI=1S/C14H30N2O2S/c1-6-13(4)12-16(9-10-19(5,17)18)14(7-2,8-3)11-15-13/h15H,6-12H2,1-5H3. The Bertz CT molecular complexity index is 390. The van der Waals surface area contributed by atoms with Gasteiger partial charge in [0.15, 0.2) is 0 Å². The molecule has 0 radical (unpaired) electrons. The van der Waals surface area contributed by atoms with E-state index in [1.165, 1.54) is 6.26 Å². The van der Waals surface area contributed by atoms with Crippen molar-refractivity contribution in [1.29, 1.82) is 0 Å². The molecule has 1 unspecified atom stereocenters. The van der Waals surface area contributed by atoms with E-state index in [0.717, 1.165) is 32.4 Å². The third-order valence-electron chi connectivity index (χ3n) is 4.88. The maximum absolute atomic E-state index is 11.5. The van der Waals surface area contributed by atoms with Crippen molar-refractivity contribution < 1.29 is 8.42 Å². The van der Waals surface area contributed by atoms with Gasteiger partial charge in [-0.1, -0.05) is 20.8 Å². The van der Waals surface area contributed by atoms with Gasteiger partial charge in [-0.15, -0.1) is 0 Å². The van der Waals surface area contributed by atoms with Crippen molar-refractivity contribution in [3.63, 3.8) is 0 Å². The summed E-state index contributed by atoms with van der Waals surface area (Å²) in [5.74, 6) is 0.258. The highest BCUT2D eigenvalue weighted by molar-refractivity contribution is 7.90. The van der Waals surface area contributed by atoms with Crippen molar-refractivity contribution in [2.24, 2.45) is 0 Å². The molecule has 5 heteroatoms. The predicted molar refractivity (Wildman–Crippen MR) is 81.3 cm³/mol. The molecule has 0 amide bonds. The van der Waals surface area contributed by atoms with Gasteiger partial charge >= 0.3 is 0 Å². The molecule has 0 aromatic carbocycles. The van der Waals surface area contributed by atoms with Gasteiger partial charge in [0.05, 0.1) is 5.75 Å². The second-order valence-corrected chi connectivity index (χ2v) is 8.51. The summed E-state index contributed by atoms with van der Waals surface area (Å²) in [6, 6.07) is 0. The smallest absolute Gasteiger partial charge is 0.148 e. The van der Waals surface area contributed by atoms with Gasteiger partial charge in [-0.05, 0) is 26.2 Å². The summed E-state index contributed by atoms with van der Waals surface area (Å²) in [4.78, 5) is 2.41. The maximum Gasteiger partial charge on any atom is 0.148 e. The zero-order chi connectivity index (χ0) is 14.7. The van der Waals surface area contributed by atoms with E-state index >= 15 is 0 Å². The second-order valence-electron chi connectivity index (χ2n) is 6.25. The molecule has 19 heavy (non-hydrogen) atoms. The lowest BCUT2D eigenvalue weighted by Gasteiger charge is -2.53. The van der Waals surface area contributed by atoms with Crippen LogP contribution in [0.25, 0.3) is 0 Å². The first kappa shape index (κ1) is 16.9. The van der Waals surface area contributed by atoms with Crippen molar-refractivity contribution in [2.45, 2.75) is 58.0 Å². The van der Waals surface area contributed by atoms with Crippen LogP contribution >= 0.6 is 0 Å². The normalized spacial score (nSPS) is 28.5. The molecule has 1 rings (SSSR count). The Morgan fingerprint density at radius 1 is 1.16 bits per heavy atom. The molecule has 1 aliphatic rings. The summed E-state index contributed by atoms with van der Waals surface area (Å²) >= 11 is 0. The van der Waals surface area contributed by atoms with Crippen molar-refractivity contribution >= 4 is 9.84 Å². The summed E-state index contributed by atoms with van der Waals surface area (Å²) in [6.07, 6.45) is 4.50. The van der Waals surface area contributed by atoms with Gasteiger partial charge in [0, 0.05) is 37.0 Å². The van der Waals surface area contributed by atoms with E-state index in [1.807, 2.05) is 0 Å². The van der Waals surface area contributed by atoms with Crippen molar-refractivity contribution in [3.05, 3.63) is 0 Å². The van der Waals surface area contributed by atoms with Gasteiger partial charge in [-0.2, -0.15) is 0 Å². The average Bonchev–Trinajstić information content (AvgIpc) is 2.36. The molecule has 1 aliphatic heterocycles. The van der Waals surface area contributed by atoms with Crippen LogP contribution in [0.5, 0.6) is 0 Å². The molecule has 4 nitrogen and oxygen atoms in total. The fourth-order valence-corrected chi connectivity index (χ4v) is 3.46. The van der Waals surface area contributed by atoms with Crippen LogP contribution < -0.4 is 5.32 Å². The molecule has 1 saturated heterocycles. The Morgan fingerprint density at radius 3 is 2.16 bits per heavy atom. The third-order valence-corrected chi connectivity index (χ3v) is 5.81. The molecule has 0 bridgehead atoms. The molecule has 1 atom stereocenters. The lowest BCUT2D eigenvalue weighted by molar-refractivity contribution is 0.00719. The summed E-state index contributed by atoms with van der Waals surface area (Å²) < 4.78 is 22.9. The fraction of sp³-hybridized carbons (Fsp3) is 1.00. The minimum atomic E-state index is -2.90. The number of nitrogens with one attached hydrogen (secondary N) is 1. The zero-order valence-corrected chi connectivity index (χ0v) is 13.9. The predicted octanol–water partition coefficient (Wildman–Crippen LogP) is 1.66. The summed E-state index contributed by atoms with van der Waals surface area (Å²) in [5, 5.41) is 3.67. The van der Waals surface area contributed by atoms with Gasteiger partial charge in [-0.25, -0.2) is 8.42 Å². The van der Waals surface area contributed by atoms with Crippen molar-refractivity contribution in [3.8, 4) is 0 Å². The number of hydrogen-bond donors (Lipinski definition) is 1. The number of nitrogens with zero attached hydrogens (tertiary/aromatic N) is 1. The molecule has 1 fully saturated rings. The lowest BCUT2D eigenvalue weighted by Crippen LogP contribution is -2.69. The van der Waals surface area contributed by atoms with Crippen LogP contribution in [0.4, 0.5) is 0 Å². The quantitative estimate of drug-likeness (QED) is 0.808. The topological polar surface area (TPSA) is 49.4 Å². The Morgan fingerprint density at radius 2 is 1.74 bits per heavy atom. The molecule has 0 aromatic rings. The second kappa shape index (κ2) is 6.10. The van der Waals surface area contributed by atoms with Crippen LogP contribution in [0.1, 0.15) is 47.0 Å². The molecule has 0 saturated carbocycles. The highest BCUT2D eigenvalue weighted by atomic mass is 32.2. The molecule has 114 valence electrons. The van der Waals surface area contributed by atoms with E-state index < -0.39 is 9.84 Å². The number of hydrogen-bond acceptors (Lipinski definition) is 4. The summed E-state index contributed by atoms with van der Waals surface area (Å²) in [5.41, 5.74) is 0.213. The van der Waals surface area contributed by atoms with Gasteiger partial charge < -0.3 is 5.32 Å². The van der Waals surface area contributed by atoms with Gasteiger partial charge in [0.1, 0.15) is 9.84 Å². The van der Waals surface area contributed by atoms with Crippen LogP contribution in [0.15, 0.2) is 0 Å². The van der Waals surface area contributed by atoms with Crippen LogP contribution in [0.3, 0.4) is 0 Å². The molecule has 0 spiro atoms. The number of rotatable bonds is 6. The van der Waals surface area contributed by atoms with Gasteiger partial charge in [-0.3, -0.25) is 4.90 Å². The molecule has 0 aromatic heterocycles.